The molecule has 1 aromatic rings. The van der Waals surface area contributed by atoms with Crippen LogP contribution in [0.5, 0.6) is 0 Å². The first-order chi connectivity index (χ1) is 8.56. The monoisotopic (exact) mass is 245 g/mol. The van der Waals surface area contributed by atoms with E-state index in [9.17, 15) is 9.59 Å². The van der Waals surface area contributed by atoms with E-state index in [0.29, 0.717) is 17.7 Å². The molecule has 1 N–H and O–H groups in total. The minimum Gasteiger partial charge on any atom is -0.481 e. The van der Waals surface area contributed by atoms with E-state index in [4.69, 9.17) is 5.11 Å². The number of carbonyl (C=O) groups is 2. The third-order valence-electron chi connectivity index (χ3n) is 3.28. The van der Waals surface area contributed by atoms with Crippen molar-refractivity contribution in [2.75, 3.05) is 6.54 Å². The van der Waals surface area contributed by atoms with Crippen molar-refractivity contribution in [3.63, 3.8) is 0 Å². The van der Waals surface area contributed by atoms with Crippen LogP contribution in [0.4, 0.5) is 0 Å². The second kappa shape index (κ2) is 4.64. The molecule has 0 fully saturated rings. The molecule has 1 aliphatic rings. The highest BCUT2D eigenvalue weighted by atomic mass is 16.4. The summed E-state index contributed by atoms with van der Waals surface area (Å²) < 4.78 is 0. The first-order valence-electron chi connectivity index (χ1n) is 5.89. The number of rotatable bonds is 4. The van der Waals surface area contributed by atoms with Gasteiger partial charge in [-0.1, -0.05) is 31.7 Å². The lowest BCUT2D eigenvalue weighted by atomic mass is 10.1. The summed E-state index contributed by atoms with van der Waals surface area (Å²) >= 11 is 0. The molecule has 0 saturated carbocycles. The Kier molecular flexibility index (Phi) is 3.19. The molecule has 0 spiro atoms. The number of carboxylic acids is 1. The number of hydrogen-bond acceptors (Lipinski definition) is 2. The first kappa shape index (κ1) is 12.4. The number of carbonyl (C=O) groups excluding carboxylic acids is 1. The average molecular weight is 245 g/mol. The quantitative estimate of drug-likeness (QED) is 0.884. The lowest BCUT2D eigenvalue weighted by Gasteiger charge is -2.21. The summed E-state index contributed by atoms with van der Waals surface area (Å²) in [6, 6.07) is 7.21. The molecule has 1 heterocycles. The lowest BCUT2D eigenvalue weighted by molar-refractivity contribution is -0.142. The Morgan fingerprint density at radius 2 is 2.00 bits per heavy atom. The van der Waals surface area contributed by atoms with Gasteiger partial charge in [0.25, 0.3) is 5.91 Å². The van der Waals surface area contributed by atoms with Gasteiger partial charge in [0, 0.05) is 23.4 Å². The average Bonchev–Trinajstić information content (AvgIpc) is 2.60. The zero-order chi connectivity index (χ0) is 13.3. The molecule has 18 heavy (non-hydrogen) atoms. The SMILES string of the molecule is C=C1c2ccccc2C(=O)N1CC(CC)C(=O)O. The Labute approximate surface area is 106 Å². The molecular weight excluding hydrogens is 230 g/mol. The third-order valence-corrected chi connectivity index (χ3v) is 3.28. The van der Waals surface area contributed by atoms with Crippen molar-refractivity contribution in [1.82, 2.24) is 4.90 Å². The predicted octanol–water partition coefficient (Wildman–Crippen LogP) is 2.22. The fraction of sp³-hybridized carbons (Fsp3) is 0.286. The van der Waals surface area contributed by atoms with Crippen LogP contribution in [0.1, 0.15) is 29.3 Å². The van der Waals surface area contributed by atoms with Gasteiger partial charge in [-0.3, -0.25) is 9.59 Å². The zero-order valence-corrected chi connectivity index (χ0v) is 10.2. The van der Waals surface area contributed by atoms with E-state index in [1.165, 1.54) is 4.90 Å². The molecule has 4 nitrogen and oxygen atoms in total. The number of hydrogen-bond donors (Lipinski definition) is 1. The van der Waals surface area contributed by atoms with Gasteiger partial charge in [-0.15, -0.1) is 0 Å². The molecule has 4 heteroatoms. The second-order valence-corrected chi connectivity index (χ2v) is 4.35. The van der Waals surface area contributed by atoms with Crippen LogP contribution in [0.15, 0.2) is 30.8 Å². The Bertz CT molecular complexity index is 487. The molecule has 1 aromatic carbocycles. The normalized spacial score (nSPS) is 15.7. The highest BCUT2D eigenvalue weighted by molar-refractivity contribution is 6.08. The van der Waals surface area contributed by atoms with E-state index in [2.05, 4.69) is 6.58 Å². The number of benzene rings is 1. The predicted molar refractivity (Wildman–Crippen MR) is 67.9 cm³/mol. The summed E-state index contributed by atoms with van der Waals surface area (Å²) in [4.78, 5) is 24.7. The summed E-state index contributed by atoms with van der Waals surface area (Å²) in [5.41, 5.74) is 1.99. The van der Waals surface area contributed by atoms with Gasteiger partial charge in [-0.25, -0.2) is 0 Å². The molecule has 0 aromatic heterocycles. The molecule has 0 aliphatic carbocycles. The molecule has 1 amide bonds. The Hall–Kier alpha value is -2.10. The molecule has 1 aliphatic heterocycles. The zero-order valence-electron chi connectivity index (χ0n) is 10.2. The fourth-order valence-corrected chi connectivity index (χ4v) is 2.13. The van der Waals surface area contributed by atoms with Crippen molar-refractivity contribution < 1.29 is 14.7 Å². The second-order valence-electron chi connectivity index (χ2n) is 4.35. The Morgan fingerprint density at radius 3 is 2.50 bits per heavy atom. The van der Waals surface area contributed by atoms with Crippen molar-refractivity contribution in [1.29, 1.82) is 0 Å². The summed E-state index contributed by atoms with van der Waals surface area (Å²) in [5, 5.41) is 9.06. The van der Waals surface area contributed by atoms with Crippen molar-refractivity contribution in [2.45, 2.75) is 13.3 Å². The number of nitrogens with zero attached hydrogens (tertiary/aromatic N) is 1. The van der Waals surface area contributed by atoms with E-state index in [0.717, 1.165) is 5.56 Å². The van der Waals surface area contributed by atoms with E-state index >= 15 is 0 Å². The molecular formula is C14H15NO3. The molecule has 0 bridgehead atoms. The minimum atomic E-state index is -0.881. The van der Waals surface area contributed by atoms with Crippen LogP contribution in [0.3, 0.4) is 0 Å². The summed E-state index contributed by atoms with van der Waals surface area (Å²) in [6.45, 7) is 5.87. The summed E-state index contributed by atoms with van der Waals surface area (Å²) in [7, 11) is 0. The van der Waals surface area contributed by atoms with Crippen LogP contribution >= 0.6 is 0 Å². The maximum absolute atomic E-state index is 12.2. The third kappa shape index (κ3) is 1.90. The maximum atomic E-state index is 12.2. The fourth-order valence-electron chi connectivity index (χ4n) is 2.13. The van der Waals surface area contributed by atoms with Crippen LogP contribution in [-0.4, -0.2) is 28.4 Å². The largest absolute Gasteiger partial charge is 0.481 e. The minimum absolute atomic E-state index is 0.157. The summed E-state index contributed by atoms with van der Waals surface area (Å²) in [5.74, 6) is -1.59. The number of fused-ring (bicyclic) bond motifs is 1. The van der Waals surface area contributed by atoms with Gasteiger partial charge < -0.3 is 10.0 Å². The van der Waals surface area contributed by atoms with Crippen molar-refractivity contribution >= 4 is 17.6 Å². The molecule has 0 radical (unpaired) electrons. The van der Waals surface area contributed by atoms with Gasteiger partial charge in [0.2, 0.25) is 0 Å². The smallest absolute Gasteiger partial charge is 0.308 e. The van der Waals surface area contributed by atoms with Crippen LogP contribution in [0.2, 0.25) is 0 Å². The van der Waals surface area contributed by atoms with Crippen molar-refractivity contribution in [3.8, 4) is 0 Å². The van der Waals surface area contributed by atoms with Gasteiger partial charge in [0.1, 0.15) is 0 Å². The molecule has 2 rings (SSSR count). The highest BCUT2D eigenvalue weighted by Gasteiger charge is 2.33. The number of carboxylic acid groups (broad SMARTS) is 1. The Morgan fingerprint density at radius 1 is 1.39 bits per heavy atom. The molecule has 1 atom stereocenters. The highest BCUT2D eigenvalue weighted by Crippen LogP contribution is 2.31. The lowest BCUT2D eigenvalue weighted by Crippen LogP contribution is -2.32. The van der Waals surface area contributed by atoms with Crippen molar-refractivity contribution in [2.24, 2.45) is 5.92 Å². The van der Waals surface area contributed by atoms with Gasteiger partial charge in [-0.2, -0.15) is 0 Å². The molecule has 1 unspecified atom stereocenters. The van der Waals surface area contributed by atoms with Gasteiger partial charge in [0.15, 0.2) is 0 Å². The van der Waals surface area contributed by atoms with E-state index in [1.54, 1.807) is 19.1 Å². The standard InChI is InChI=1S/C14H15NO3/c1-3-10(14(17)18)8-15-9(2)11-6-4-5-7-12(11)13(15)16/h4-7,10H,2-3,8H2,1H3,(H,17,18). The van der Waals surface area contributed by atoms with Gasteiger partial charge in [-0.05, 0) is 12.5 Å². The Balaban J connectivity index is 2.26. The van der Waals surface area contributed by atoms with Crippen LogP contribution < -0.4 is 0 Å². The van der Waals surface area contributed by atoms with E-state index < -0.39 is 11.9 Å². The molecule has 0 saturated heterocycles. The van der Waals surface area contributed by atoms with Gasteiger partial charge in [0.05, 0.1) is 5.92 Å². The van der Waals surface area contributed by atoms with Crippen LogP contribution in [0.25, 0.3) is 5.70 Å². The number of aliphatic carboxylic acids is 1. The van der Waals surface area contributed by atoms with Crippen LogP contribution in [0, 0.1) is 5.92 Å². The molecule has 94 valence electrons. The van der Waals surface area contributed by atoms with Crippen molar-refractivity contribution in [3.05, 3.63) is 42.0 Å². The maximum Gasteiger partial charge on any atom is 0.308 e. The first-order valence-corrected chi connectivity index (χ1v) is 5.89. The van der Waals surface area contributed by atoms with Gasteiger partial charge >= 0.3 is 5.97 Å². The summed E-state index contributed by atoms with van der Waals surface area (Å²) in [6.07, 6.45) is 0.489. The van der Waals surface area contributed by atoms with E-state index in [-0.39, 0.29) is 12.5 Å². The number of amides is 1. The topological polar surface area (TPSA) is 57.6 Å². The van der Waals surface area contributed by atoms with E-state index in [1.807, 2.05) is 12.1 Å². The van der Waals surface area contributed by atoms with Crippen LogP contribution in [-0.2, 0) is 4.79 Å².